The molecule has 2 heterocycles. The molecule has 2 aliphatic heterocycles. The molecule has 3 rings (SSSR count). The Kier molecular flexibility index (Phi) is 9.85. The third-order valence-corrected chi connectivity index (χ3v) is 5.95. The highest BCUT2D eigenvalue weighted by atomic mass is 16.3. The van der Waals surface area contributed by atoms with Crippen molar-refractivity contribution >= 4 is 23.2 Å². The lowest BCUT2D eigenvalue weighted by molar-refractivity contribution is -0.118. The van der Waals surface area contributed by atoms with Crippen LogP contribution < -0.4 is 10.6 Å². The molecule has 2 fully saturated rings. The zero-order valence-corrected chi connectivity index (χ0v) is 18.7. The summed E-state index contributed by atoms with van der Waals surface area (Å²) in [5, 5.41) is 23.8. The summed E-state index contributed by atoms with van der Waals surface area (Å²) >= 11 is 0. The van der Waals surface area contributed by atoms with E-state index in [-0.39, 0.29) is 25.0 Å². The van der Waals surface area contributed by atoms with Crippen molar-refractivity contribution in [2.75, 3.05) is 102 Å². The first kappa shape index (κ1) is 24.6. The van der Waals surface area contributed by atoms with E-state index in [9.17, 15) is 9.59 Å². The summed E-state index contributed by atoms with van der Waals surface area (Å²) in [5.41, 5.74) is 1.40. The smallest absolute Gasteiger partial charge is 0.238 e. The van der Waals surface area contributed by atoms with Crippen molar-refractivity contribution < 1.29 is 19.8 Å². The van der Waals surface area contributed by atoms with Crippen LogP contribution in [0.25, 0.3) is 0 Å². The Balaban J connectivity index is 1.35. The number of aliphatic hydroxyl groups excluding tert-OH is 2. The molecule has 0 radical (unpaired) electrons. The Bertz CT molecular complexity index is 655. The van der Waals surface area contributed by atoms with Crippen molar-refractivity contribution in [1.82, 2.24) is 19.6 Å². The van der Waals surface area contributed by atoms with E-state index in [4.69, 9.17) is 10.2 Å². The minimum absolute atomic E-state index is 0.0577. The molecule has 0 bridgehead atoms. The summed E-state index contributed by atoms with van der Waals surface area (Å²) in [5.74, 6) is -0.115. The molecular formula is C22H36N6O4. The van der Waals surface area contributed by atoms with Crippen LogP contribution in [0.3, 0.4) is 0 Å². The molecule has 32 heavy (non-hydrogen) atoms. The van der Waals surface area contributed by atoms with Crippen molar-refractivity contribution in [3.63, 3.8) is 0 Å². The third kappa shape index (κ3) is 8.12. The van der Waals surface area contributed by atoms with Gasteiger partial charge in [-0.15, -0.1) is 0 Å². The van der Waals surface area contributed by atoms with Gasteiger partial charge >= 0.3 is 0 Å². The molecule has 10 heteroatoms. The molecule has 0 spiro atoms. The average molecular weight is 449 g/mol. The molecule has 2 aliphatic rings. The second-order valence-corrected chi connectivity index (χ2v) is 8.36. The van der Waals surface area contributed by atoms with Gasteiger partial charge < -0.3 is 20.8 Å². The van der Waals surface area contributed by atoms with Gasteiger partial charge in [-0.3, -0.25) is 29.2 Å². The van der Waals surface area contributed by atoms with Crippen molar-refractivity contribution in [1.29, 1.82) is 0 Å². The number of amides is 2. The van der Waals surface area contributed by atoms with Crippen molar-refractivity contribution in [3.05, 3.63) is 24.3 Å². The van der Waals surface area contributed by atoms with Gasteiger partial charge in [0.25, 0.3) is 0 Å². The van der Waals surface area contributed by atoms with Crippen molar-refractivity contribution in [2.24, 2.45) is 0 Å². The lowest BCUT2D eigenvalue weighted by Crippen LogP contribution is -2.49. The van der Waals surface area contributed by atoms with E-state index in [0.29, 0.717) is 37.6 Å². The number of piperazine rings is 2. The van der Waals surface area contributed by atoms with Crippen LogP contribution in [0.5, 0.6) is 0 Å². The fraction of sp³-hybridized carbons (Fsp3) is 0.636. The molecule has 1 aromatic rings. The zero-order chi connectivity index (χ0) is 22.8. The van der Waals surface area contributed by atoms with Crippen LogP contribution >= 0.6 is 0 Å². The Hall–Kier alpha value is -2.08. The number of rotatable bonds is 10. The van der Waals surface area contributed by atoms with E-state index in [1.54, 1.807) is 24.3 Å². The number of nitrogens with zero attached hydrogens (tertiary/aromatic N) is 4. The number of nitrogens with one attached hydrogen (secondary N) is 2. The van der Waals surface area contributed by atoms with Crippen LogP contribution in [-0.2, 0) is 9.59 Å². The molecule has 0 aliphatic carbocycles. The molecule has 4 N–H and O–H groups in total. The van der Waals surface area contributed by atoms with E-state index in [1.807, 2.05) is 0 Å². The minimum Gasteiger partial charge on any atom is -0.395 e. The summed E-state index contributed by atoms with van der Waals surface area (Å²) in [6, 6.07) is 7.17. The fourth-order valence-corrected chi connectivity index (χ4v) is 4.07. The fourth-order valence-electron chi connectivity index (χ4n) is 4.07. The van der Waals surface area contributed by atoms with Crippen LogP contribution in [0.4, 0.5) is 11.4 Å². The molecular weight excluding hydrogens is 412 g/mol. The molecule has 1 aromatic carbocycles. The highest BCUT2D eigenvalue weighted by molar-refractivity contribution is 5.94. The van der Waals surface area contributed by atoms with Crippen LogP contribution in [0.1, 0.15) is 0 Å². The molecule has 178 valence electrons. The number of carbonyl (C=O) groups excluding carboxylic acids is 2. The number of β-amino-alcohol motifs (C(OH)–C–C–N with tert-alkyl or cyclic N) is 2. The number of carbonyl (C=O) groups is 2. The largest absolute Gasteiger partial charge is 0.395 e. The molecule has 10 nitrogen and oxygen atoms in total. The summed E-state index contributed by atoms with van der Waals surface area (Å²) in [7, 11) is 0. The van der Waals surface area contributed by atoms with Crippen LogP contribution in [0.15, 0.2) is 24.3 Å². The molecule has 0 aromatic heterocycles. The van der Waals surface area contributed by atoms with Gasteiger partial charge in [0, 0.05) is 76.8 Å². The van der Waals surface area contributed by atoms with Crippen molar-refractivity contribution in [2.45, 2.75) is 0 Å². The van der Waals surface area contributed by atoms with Crippen LogP contribution in [0, 0.1) is 0 Å². The van der Waals surface area contributed by atoms with Gasteiger partial charge in [0.15, 0.2) is 0 Å². The Labute approximate surface area is 189 Å². The van der Waals surface area contributed by atoms with Crippen LogP contribution in [0.2, 0.25) is 0 Å². The van der Waals surface area contributed by atoms with E-state index in [2.05, 4.69) is 30.2 Å². The monoisotopic (exact) mass is 448 g/mol. The second-order valence-electron chi connectivity index (χ2n) is 8.36. The average Bonchev–Trinajstić information content (AvgIpc) is 2.78. The maximum absolute atomic E-state index is 12.3. The van der Waals surface area contributed by atoms with E-state index in [0.717, 1.165) is 52.4 Å². The standard InChI is InChI=1S/C22H36N6O4/c29-15-13-25-5-9-27(10-6-25)17-21(31)23-19-1-2-20(4-3-19)24-22(32)18-28-11-7-26(8-12-28)14-16-30/h1-4,29-30H,5-18H2,(H,23,31)(H,24,32). The number of hydrogen-bond donors (Lipinski definition) is 4. The maximum Gasteiger partial charge on any atom is 0.238 e. The quantitative estimate of drug-likeness (QED) is 0.353. The lowest BCUT2D eigenvalue weighted by atomic mass is 10.2. The summed E-state index contributed by atoms with van der Waals surface area (Å²) in [4.78, 5) is 33.3. The van der Waals surface area contributed by atoms with E-state index >= 15 is 0 Å². The number of hydrogen-bond acceptors (Lipinski definition) is 8. The zero-order valence-electron chi connectivity index (χ0n) is 18.7. The summed E-state index contributed by atoms with van der Waals surface area (Å²) in [6.45, 7) is 9.09. The summed E-state index contributed by atoms with van der Waals surface area (Å²) < 4.78 is 0. The van der Waals surface area contributed by atoms with Gasteiger partial charge in [-0.1, -0.05) is 0 Å². The normalized spacial score (nSPS) is 19.1. The SMILES string of the molecule is O=C(CN1CCN(CCO)CC1)Nc1ccc(NC(=O)CN2CCN(CCO)CC2)cc1. The highest BCUT2D eigenvalue weighted by Gasteiger charge is 2.19. The minimum atomic E-state index is -0.0577. The Morgan fingerprint density at radius 3 is 1.25 bits per heavy atom. The number of benzene rings is 1. The van der Waals surface area contributed by atoms with Gasteiger partial charge in [0.1, 0.15) is 0 Å². The molecule has 2 saturated heterocycles. The number of anilines is 2. The predicted octanol–water partition coefficient (Wildman–Crippen LogP) is -1.22. The second kappa shape index (κ2) is 12.8. The Morgan fingerprint density at radius 1 is 0.625 bits per heavy atom. The summed E-state index contributed by atoms with van der Waals surface area (Å²) in [6.07, 6.45) is 0. The van der Waals surface area contributed by atoms with Gasteiger partial charge in [0.2, 0.25) is 11.8 Å². The lowest BCUT2D eigenvalue weighted by Gasteiger charge is -2.33. The number of aliphatic hydroxyl groups is 2. The highest BCUT2D eigenvalue weighted by Crippen LogP contribution is 2.14. The molecule has 0 unspecified atom stereocenters. The van der Waals surface area contributed by atoms with Crippen LogP contribution in [-0.4, -0.2) is 133 Å². The molecule has 2 amide bonds. The van der Waals surface area contributed by atoms with Gasteiger partial charge in [-0.2, -0.15) is 0 Å². The third-order valence-electron chi connectivity index (χ3n) is 5.95. The Morgan fingerprint density at radius 2 is 0.938 bits per heavy atom. The van der Waals surface area contributed by atoms with E-state index in [1.165, 1.54) is 0 Å². The first-order chi connectivity index (χ1) is 15.6. The first-order valence-electron chi connectivity index (χ1n) is 11.4. The molecule has 0 saturated carbocycles. The first-order valence-corrected chi connectivity index (χ1v) is 11.4. The predicted molar refractivity (Wildman–Crippen MR) is 124 cm³/mol. The van der Waals surface area contributed by atoms with E-state index < -0.39 is 0 Å². The maximum atomic E-state index is 12.3. The van der Waals surface area contributed by atoms with Gasteiger partial charge in [-0.05, 0) is 24.3 Å². The van der Waals surface area contributed by atoms with Gasteiger partial charge in [0.05, 0.1) is 26.3 Å². The van der Waals surface area contributed by atoms with Gasteiger partial charge in [-0.25, -0.2) is 0 Å². The van der Waals surface area contributed by atoms with Crippen molar-refractivity contribution in [3.8, 4) is 0 Å². The topological polar surface area (TPSA) is 112 Å². The molecule has 0 atom stereocenters.